The Balaban J connectivity index is 2.04. The van der Waals surface area contributed by atoms with E-state index in [1.54, 1.807) is 0 Å². The van der Waals surface area contributed by atoms with E-state index in [9.17, 15) is 0 Å². The van der Waals surface area contributed by atoms with Crippen LogP contribution >= 0.6 is 0 Å². The molecule has 0 spiro atoms. The van der Waals surface area contributed by atoms with Gasteiger partial charge in [-0.05, 0) is 94.6 Å². The zero-order chi connectivity index (χ0) is 22.4. The summed E-state index contributed by atoms with van der Waals surface area (Å²) in [6.45, 7) is 12.8. The highest BCUT2D eigenvalue weighted by Crippen LogP contribution is 2.35. The van der Waals surface area contributed by atoms with Crippen molar-refractivity contribution in [2.24, 2.45) is 0 Å². The smallest absolute Gasteiger partial charge is 0.0462 e. The van der Waals surface area contributed by atoms with E-state index in [-0.39, 0.29) is 0 Å². The fraction of sp³-hybridized carbons (Fsp3) is 0.200. The highest BCUT2D eigenvalue weighted by molar-refractivity contribution is 5.78. The third-order valence-electron chi connectivity index (χ3n) is 4.82. The molecule has 158 valence electrons. The lowest BCUT2D eigenvalue weighted by atomic mass is 10.1. The van der Waals surface area contributed by atoms with E-state index < -0.39 is 0 Å². The molecule has 0 heterocycles. The van der Waals surface area contributed by atoms with Gasteiger partial charge in [0.2, 0.25) is 0 Å². The van der Waals surface area contributed by atoms with Crippen LogP contribution in [0.5, 0.6) is 0 Å². The first-order valence-corrected chi connectivity index (χ1v) is 10.9. The second kappa shape index (κ2) is 10.1. The standard InChI is InChI=1S/C30H33N/c1-22(2)19-25-7-13-28(14-8-25)31(29-15-9-26(10-16-29)20-23(3)4)30-17-11-27(12-18-30)21-24(5)6/h7-21H,1-6H3. The van der Waals surface area contributed by atoms with Gasteiger partial charge in [-0.25, -0.2) is 0 Å². The fourth-order valence-electron chi connectivity index (χ4n) is 3.61. The lowest BCUT2D eigenvalue weighted by Crippen LogP contribution is -2.09. The van der Waals surface area contributed by atoms with Crippen LogP contribution in [0.1, 0.15) is 58.2 Å². The molecule has 0 fully saturated rings. The molecule has 1 heteroatoms. The minimum atomic E-state index is 1.15. The number of hydrogen-bond donors (Lipinski definition) is 0. The Bertz CT molecular complexity index is 934. The predicted molar refractivity (Wildman–Crippen MR) is 139 cm³/mol. The van der Waals surface area contributed by atoms with Gasteiger partial charge in [-0.2, -0.15) is 0 Å². The molecule has 0 saturated heterocycles. The van der Waals surface area contributed by atoms with Crippen molar-refractivity contribution in [1.29, 1.82) is 0 Å². The topological polar surface area (TPSA) is 3.24 Å². The summed E-state index contributed by atoms with van der Waals surface area (Å²) in [5.74, 6) is 0. The molecule has 0 aliphatic rings. The first-order valence-electron chi connectivity index (χ1n) is 10.9. The Morgan fingerprint density at radius 3 is 0.839 bits per heavy atom. The van der Waals surface area contributed by atoms with Crippen molar-refractivity contribution in [2.75, 3.05) is 4.90 Å². The van der Waals surface area contributed by atoms with E-state index in [1.807, 2.05) is 0 Å². The molecule has 0 unspecified atom stereocenters. The van der Waals surface area contributed by atoms with Crippen molar-refractivity contribution < 1.29 is 0 Å². The summed E-state index contributed by atoms with van der Waals surface area (Å²) < 4.78 is 0. The molecule has 0 bridgehead atoms. The van der Waals surface area contributed by atoms with Gasteiger partial charge in [-0.1, -0.05) is 71.3 Å². The highest BCUT2D eigenvalue weighted by atomic mass is 15.1. The SMILES string of the molecule is CC(C)=Cc1ccc(N(c2ccc(C=C(C)C)cc2)c2ccc(C=C(C)C)cc2)cc1. The maximum atomic E-state index is 2.31. The van der Waals surface area contributed by atoms with E-state index in [1.165, 1.54) is 33.4 Å². The number of nitrogens with zero attached hydrogens (tertiary/aromatic N) is 1. The minimum absolute atomic E-state index is 1.15. The number of anilines is 3. The van der Waals surface area contributed by atoms with Crippen molar-refractivity contribution in [1.82, 2.24) is 0 Å². The lowest BCUT2D eigenvalue weighted by molar-refractivity contribution is 1.28. The Labute approximate surface area is 188 Å². The van der Waals surface area contributed by atoms with Crippen LogP contribution in [-0.4, -0.2) is 0 Å². The normalized spacial score (nSPS) is 10.3. The predicted octanol–water partition coefficient (Wildman–Crippen LogP) is 9.43. The maximum Gasteiger partial charge on any atom is 0.0462 e. The molecule has 0 aromatic heterocycles. The van der Waals surface area contributed by atoms with Gasteiger partial charge in [-0.3, -0.25) is 0 Å². The van der Waals surface area contributed by atoms with Crippen LogP contribution in [0.4, 0.5) is 17.1 Å². The van der Waals surface area contributed by atoms with Crippen LogP contribution in [0.25, 0.3) is 18.2 Å². The fourth-order valence-corrected chi connectivity index (χ4v) is 3.61. The second-order valence-corrected chi connectivity index (χ2v) is 8.78. The zero-order valence-electron chi connectivity index (χ0n) is 19.6. The van der Waals surface area contributed by atoms with Crippen molar-refractivity contribution in [3.05, 3.63) is 106 Å². The van der Waals surface area contributed by atoms with E-state index in [2.05, 4.69) is 137 Å². The van der Waals surface area contributed by atoms with Gasteiger partial charge in [0.05, 0.1) is 0 Å². The summed E-state index contributed by atoms with van der Waals surface area (Å²) in [7, 11) is 0. The Kier molecular flexibility index (Phi) is 7.31. The molecule has 31 heavy (non-hydrogen) atoms. The van der Waals surface area contributed by atoms with Gasteiger partial charge in [0.1, 0.15) is 0 Å². The summed E-state index contributed by atoms with van der Waals surface area (Å²) in [5.41, 5.74) is 11.0. The highest BCUT2D eigenvalue weighted by Gasteiger charge is 2.12. The van der Waals surface area contributed by atoms with Crippen molar-refractivity contribution in [2.45, 2.75) is 41.5 Å². The molecular weight excluding hydrogens is 374 g/mol. The largest absolute Gasteiger partial charge is 0.311 e. The van der Waals surface area contributed by atoms with Crippen molar-refractivity contribution in [3.63, 3.8) is 0 Å². The van der Waals surface area contributed by atoms with E-state index in [0.29, 0.717) is 0 Å². The quantitative estimate of drug-likeness (QED) is 0.393. The molecule has 0 aliphatic heterocycles. The van der Waals surface area contributed by atoms with E-state index in [4.69, 9.17) is 0 Å². The summed E-state index contributed by atoms with van der Waals surface area (Å²) >= 11 is 0. The number of hydrogen-bond acceptors (Lipinski definition) is 1. The van der Waals surface area contributed by atoms with Crippen LogP contribution in [-0.2, 0) is 0 Å². The molecule has 0 saturated carbocycles. The second-order valence-electron chi connectivity index (χ2n) is 8.78. The van der Waals surface area contributed by atoms with Gasteiger partial charge in [0, 0.05) is 17.1 Å². The summed E-state index contributed by atoms with van der Waals surface area (Å²) in [6.07, 6.45) is 6.61. The van der Waals surface area contributed by atoms with Crippen LogP contribution in [0, 0.1) is 0 Å². The summed E-state index contributed by atoms with van der Waals surface area (Å²) in [6, 6.07) is 26.3. The molecule has 0 amide bonds. The Morgan fingerprint density at radius 1 is 0.419 bits per heavy atom. The first-order chi connectivity index (χ1) is 14.8. The van der Waals surface area contributed by atoms with Crippen molar-refractivity contribution >= 4 is 35.3 Å². The average molecular weight is 408 g/mol. The third kappa shape index (κ3) is 6.33. The van der Waals surface area contributed by atoms with Gasteiger partial charge in [-0.15, -0.1) is 0 Å². The molecular formula is C30H33N. The third-order valence-corrected chi connectivity index (χ3v) is 4.82. The zero-order valence-corrected chi connectivity index (χ0v) is 19.6. The first kappa shape index (κ1) is 22.4. The molecule has 0 radical (unpaired) electrons. The molecule has 1 nitrogen and oxygen atoms in total. The van der Waals surface area contributed by atoms with Gasteiger partial charge in [0.15, 0.2) is 0 Å². The van der Waals surface area contributed by atoms with Crippen LogP contribution in [0.3, 0.4) is 0 Å². The Morgan fingerprint density at radius 2 is 0.645 bits per heavy atom. The molecule has 0 N–H and O–H groups in total. The molecule has 0 atom stereocenters. The van der Waals surface area contributed by atoms with Gasteiger partial charge in [0.25, 0.3) is 0 Å². The minimum Gasteiger partial charge on any atom is -0.311 e. The Hall–Kier alpha value is -3.32. The molecule has 3 aromatic carbocycles. The van der Waals surface area contributed by atoms with Crippen LogP contribution in [0.2, 0.25) is 0 Å². The van der Waals surface area contributed by atoms with Crippen LogP contribution in [0.15, 0.2) is 89.5 Å². The van der Waals surface area contributed by atoms with E-state index >= 15 is 0 Å². The molecule has 0 aliphatic carbocycles. The number of allylic oxidation sites excluding steroid dienone is 3. The number of benzene rings is 3. The summed E-state index contributed by atoms with van der Waals surface area (Å²) in [4.78, 5) is 2.31. The molecule has 3 rings (SSSR count). The lowest BCUT2D eigenvalue weighted by Gasteiger charge is -2.26. The van der Waals surface area contributed by atoms with Crippen molar-refractivity contribution in [3.8, 4) is 0 Å². The van der Waals surface area contributed by atoms with Gasteiger partial charge < -0.3 is 4.90 Å². The van der Waals surface area contributed by atoms with Crippen LogP contribution < -0.4 is 4.90 Å². The maximum absolute atomic E-state index is 2.31. The summed E-state index contributed by atoms with van der Waals surface area (Å²) in [5, 5.41) is 0. The van der Waals surface area contributed by atoms with E-state index in [0.717, 1.165) is 17.1 Å². The monoisotopic (exact) mass is 407 g/mol. The number of rotatable bonds is 6. The average Bonchev–Trinajstić information content (AvgIpc) is 2.71. The molecule has 3 aromatic rings. The van der Waals surface area contributed by atoms with Gasteiger partial charge >= 0.3 is 0 Å².